The lowest BCUT2D eigenvalue weighted by Crippen LogP contribution is -2.30. The van der Waals surface area contributed by atoms with E-state index in [2.05, 4.69) is 25.5 Å². The van der Waals surface area contributed by atoms with Crippen molar-refractivity contribution in [3.8, 4) is 0 Å². The van der Waals surface area contributed by atoms with Crippen molar-refractivity contribution >= 4 is 23.3 Å². The highest BCUT2D eigenvalue weighted by molar-refractivity contribution is 5.62. The molecule has 122 valence electrons. The summed E-state index contributed by atoms with van der Waals surface area (Å²) in [5.74, 6) is -0.183. The van der Waals surface area contributed by atoms with Crippen LogP contribution in [-0.2, 0) is 0 Å². The maximum atomic E-state index is 13.7. The number of hydrogen-bond donors (Lipinski definition) is 3. The zero-order chi connectivity index (χ0) is 16.4. The van der Waals surface area contributed by atoms with Gasteiger partial charge in [0, 0.05) is 31.3 Å². The first kappa shape index (κ1) is 15.4. The van der Waals surface area contributed by atoms with E-state index < -0.39 is 11.6 Å². The fourth-order valence-electron chi connectivity index (χ4n) is 2.61. The monoisotopic (exact) mass is 320 g/mol. The molecule has 0 bridgehead atoms. The lowest BCUT2D eigenvalue weighted by Gasteiger charge is -2.18. The fourth-order valence-corrected chi connectivity index (χ4v) is 2.61. The van der Waals surface area contributed by atoms with Crippen molar-refractivity contribution in [1.82, 2.24) is 15.3 Å². The van der Waals surface area contributed by atoms with Crippen LogP contribution in [0.25, 0.3) is 0 Å². The summed E-state index contributed by atoms with van der Waals surface area (Å²) in [6.45, 7) is 1.67. The standard InChI is InChI=1S/C15H18F2N6/c1-19-10-4-5-23(8-10)14-7-13(21-15(18)22-14)20-12-3-2-9(16)6-11(12)17/h2-3,6-7,10,19H,4-5,8H2,1H3,(H3,18,20,21,22)/t10-/m1/s1. The van der Waals surface area contributed by atoms with Crippen molar-refractivity contribution in [1.29, 1.82) is 0 Å². The molecule has 1 atom stereocenters. The van der Waals surface area contributed by atoms with Crippen LogP contribution in [0, 0.1) is 11.6 Å². The molecule has 2 aromatic rings. The summed E-state index contributed by atoms with van der Waals surface area (Å²) in [6, 6.07) is 5.41. The summed E-state index contributed by atoms with van der Waals surface area (Å²) >= 11 is 0. The lowest BCUT2D eigenvalue weighted by atomic mass is 10.3. The van der Waals surface area contributed by atoms with Crippen LogP contribution in [0.3, 0.4) is 0 Å². The number of nitrogens with one attached hydrogen (secondary N) is 2. The van der Waals surface area contributed by atoms with Crippen LogP contribution in [0.2, 0.25) is 0 Å². The molecule has 3 rings (SSSR count). The van der Waals surface area contributed by atoms with Crippen LogP contribution >= 0.6 is 0 Å². The Balaban J connectivity index is 1.83. The highest BCUT2D eigenvalue weighted by Crippen LogP contribution is 2.25. The molecular weight excluding hydrogens is 302 g/mol. The number of anilines is 4. The number of aromatic nitrogens is 2. The second-order valence-corrected chi connectivity index (χ2v) is 5.44. The minimum atomic E-state index is -0.694. The molecule has 1 aliphatic heterocycles. The highest BCUT2D eigenvalue weighted by Gasteiger charge is 2.23. The molecule has 0 saturated carbocycles. The third-order valence-electron chi connectivity index (χ3n) is 3.84. The van der Waals surface area contributed by atoms with E-state index in [1.54, 1.807) is 6.07 Å². The summed E-state index contributed by atoms with van der Waals surface area (Å²) in [5.41, 5.74) is 5.88. The molecule has 1 fully saturated rings. The van der Waals surface area contributed by atoms with Crippen LogP contribution in [0.15, 0.2) is 24.3 Å². The minimum Gasteiger partial charge on any atom is -0.368 e. The zero-order valence-electron chi connectivity index (χ0n) is 12.7. The Hall–Kier alpha value is -2.48. The van der Waals surface area contributed by atoms with Crippen LogP contribution in [0.5, 0.6) is 0 Å². The number of nitrogens with two attached hydrogens (primary N) is 1. The van der Waals surface area contributed by atoms with Gasteiger partial charge in [0.2, 0.25) is 5.95 Å². The first-order valence-electron chi connectivity index (χ1n) is 7.34. The van der Waals surface area contributed by atoms with E-state index in [0.29, 0.717) is 17.7 Å². The molecule has 2 heterocycles. The summed E-state index contributed by atoms with van der Waals surface area (Å²) in [4.78, 5) is 10.4. The Kier molecular flexibility index (Phi) is 4.24. The average molecular weight is 320 g/mol. The molecule has 1 aromatic heterocycles. The van der Waals surface area contributed by atoms with Gasteiger partial charge < -0.3 is 21.3 Å². The normalized spacial score (nSPS) is 17.5. The Morgan fingerprint density at radius 1 is 1.26 bits per heavy atom. The van der Waals surface area contributed by atoms with Crippen LogP contribution in [0.1, 0.15) is 6.42 Å². The molecule has 0 amide bonds. The number of likely N-dealkylation sites (N-methyl/N-ethyl adjacent to an activating group) is 1. The van der Waals surface area contributed by atoms with Crippen molar-refractivity contribution in [3.63, 3.8) is 0 Å². The number of nitrogens with zero attached hydrogens (tertiary/aromatic N) is 3. The summed E-state index contributed by atoms with van der Waals surface area (Å²) in [7, 11) is 1.92. The maximum Gasteiger partial charge on any atom is 0.223 e. The predicted molar refractivity (Wildman–Crippen MR) is 85.8 cm³/mol. The van der Waals surface area contributed by atoms with Gasteiger partial charge in [-0.1, -0.05) is 0 Å². The molecule has 1 saturated heterocycles. The van der Waals surface area contributed by atoms with Crippen LogP contribution < -0.4 is 21.3 Å². The smallest absolute Gasteiger partial charge is 0.223 e. The molecule has 23 heavy (non-hydrogen) atoms. The van der Waals surface area contributed by atoms with E-state index in [-0.39, 0.29) is 11.6 Å². The van der Waals surface area contributed by atoms with E-state index in [4.69, 9.17) is 5.73 Å². The van der Waals surface area contributed by atoms with Gasteiger partial charge in [0.1, 0.15) is 23.3 Å². The molecule has 0 unspecified atom stereocenters. The second kappa shape index (κ2) is 6.33. The maximum absolute atomic E-state index is 13.7. The van der Waals surface area contributed by atoms with Crippen molar-refractivity contribution in [3.05, 3.63) is 35.9 Å². The average Bonchev–Trinajstić information content (AvgIpc) is 2.99. The molecule has 1 aromatic carbocycles. The topological polar surface area (TPSA) is 79.1 Å². The van der Waals surface area contributed by atoms with E-state index in [1.807, 2.05) is 7.05 Å². The largest absolute Gasteiger partial charge is 0.368 e. The van der Waals surface area contributed by atoms with Crippen molar-refractivity contribution in [2.24, 2.45) is 0 Å². The van der Waals surface area contributed by atoms with Crippen LogP contribution in [-0.4, -0.2) is 36.1 Å². The van der Waals surface area contributed by atoms with E-state index in [0.717, 1.165) is 25.6 Å². The number of rotatable bonds is 4. The first-order valence-corrected chi connectivity index (χ1v) is 7.34. The van der Waals surface area contributed by atoms with Gasteiger partial charge in [-0.3, -0.25) is 0 Å². The number of benzene rings is 1. The molecule has 0 radical (unpaired) electrons. The van der Waals surface area contributed by atoms with Crippen LogP contribution in [0.4, 0.5) is 32.1 Å². The van der Waals surface area contributed by atoms with Gasteiger partial charge in [-0.15, -0.1) is 0 Å². The van der Waals surface area contributed by atoms with Gasteiger partial charge >= 0.3 is 0 Å². The fraction of sp³-hybridized carbons (Fsp3) is 0.333. The Morgan fingerprint density at radius 2 is 2.09 bits per heavy atom. The third-order valence-corrected chi connectivity index (χ3v) is 3.84. The SMILES string of the molecule is CN[C@@H]1CCN(c2cc(Nc3ccc(F)cc3F)nc(N)n2)C1. The van der Waals surface area contributed by atoms with E-state index >= 15 is 0 Å². The van der Waals surface area contributed by atoms with Gasteiger partial charge in [0.15, 0.2) is 0 Å². The summed E-state index contributed by atoms with van der Waals surface area (Å²) < 4.78 is 26.7. The molecule has 4 N–H and O–H groups in total. The number of hydrogen-bond acceptors (Lipinski definition) is 6. The third kappa shape index (κ3) is 3.48. The summed E-state index contributed by atoms with van der Waals surface area (Å²) in [6.07, 6.45) is 1.01. The lowest BCUT2D eigenvalue weighted by molar-refractivity contribution is 0.586. The molecule has 0 aliphatic carbocycles. The van der Waals surface area contributed by atoms with Crippen molar-refractivity contribution in [2.75, 3.05) is 36.1 Å². The molecular formula is C15H18F2N6. The number of nitrogen functional groups attached to an aromatic ring is 1. The minimum absolute atomic E-state index is 0.0976. The van der Waals surface area contributed by atoms with E-state index in [1.165, 1.54) is 12.1 Å². The Morgan fingerprint density at radius 3 is 2.78 bits per heavy atom. The molecule has 8 heteroatoms. The highest BCUT2D eigenvalue weighted by atomic mass is 19.1. The quantitative estimate of drug-likeness (QED) is 0.798. The Labute approximate surface area is 132 Å². The predicted octanol–water partition coefficient (Wildman–Crippen LogP) is 1.88. The van der Waals surface area contributed by atoms with Crippen molar-refractivity contribution in [2.45, 2.75) is 12.5 Å². The van der Waals surface area contributed by atoms with Gasteiger partial charge in [-0.25, -0.2) is 8.78 Å². The Bertz CT molecular complexity index is 708. The molecule has 1 aliphatic rings. The van der Waals surface area contributed by atoms with Gasteiger partial charge in [0.25, 0.3) is 0 Å². The van der Waals surface area contributed by atoms with Gasteiger partial charge in [-0.05, 0) is 25.6 Å². The number of halogens is 2. The molecule has 6 nitrogen and oxygen atoms in total. The van der Waals surface area contributed by atoms with Gasteiger partial charge in [-0.2, -0.15) is 9.97 Å². The second-order valence-electron chi connectivity index (χ2n) is 5.44. The molecule has 0 spiro atoms. The van der Waals surface area contributed by atoms with E-state index in [9.17, 15) is 8.78 Å². The summed E-state index contributed by atoms with van der Waals surface area (Å²) in [5, 5.41) is 6.04. The van der Waals surface area contributed by atoms with Gasteiger partial charge in [0.05, 0.1) is 5.69 Å². The zero-order valence-corrected chi connectivity index (χ0v) is 12.7. The van der Waals surface area contributed by atoms with Crippen molar-refractivity contribution < 1.29 is 8.78 Å². The first-order chi connectivity index (χ1) is 11.0.